The van der Waals surface area contributed by atoms with Crippen molar-refractivity contribution in [2.24, 2.45) is 0 Å². The first-order valence-electron chi connectivity index (χ1n) is 8.12. The Kier molecular flexibility index (Phi) is 3.94. The molecule has 4 rings (SSSR count). The lowest BCUT2D eigenvalue weighted by Crippen LogP contribution is -2.40. The van der Waals surface area contributed by atoms with E-state index in [4.69, 9.17) is 9.47 Å². The van der Waals surface area contributed by atoms with Gasteiger partial charge in [-0.1, -0.05) is 12.1 Å². The van der Waals surface area contributed by atoms with E-state index in [1.165, 1.54) is 0 Å². The molecule has 0 atom stereocenters. The van der Waals surface area contributed by atoms with Crippen LogP contribution < -0.4 is 14.8 Å². The number of urea groups is 1. The Balaban J connectivity index is 1.38. The van der Waals surface area contributed by atoms with Crippen molar-refractivity contribution in [2.45, 2.75) is 32.0 Å². The van der Waals surface area contributed by atoms with Crippen LogP contribution in [0.3, 0.4) is 0 Å². The quantitative estimate of drug-likeness (QED) is 0.918. The second kappa shape index (κ2) is 6.39. The standard InChI is InChI=1S/C18H19N3O3/c22-18(20-10-13-4-7-16-17(9-13)24-12-23-16)21(15-5-6-15)11-14-3-1-2-8-19-14/h1-4,7-9,15H,5-6,10-12H2,(H,20,22). The summed E-state index contributed by atoms with van der Waals surface area (Å²) in [7, 11) is 0. The molecular weight excluding hydrogens is 306 g/mol. The smallest absolute Gasteiger partial charge is 0.318 e. The van der Waals surface area contributed by atoms with Crippen LogP contribution in [0.4, 0.5) is 4.79 Å². The van der Waals surface area contributed by atoms with Crippen LogP contribution in [0.2, 0.25) is 0 Å². The highest BCUT2D eigenvalue weighted by atomic mass is 16.7. The lowest BCUT2D eigenvalue weighted by Gasteiger charge is -2.22. The van der Waals surface area contributed by atoms with E-state index in [1.54, 1.807) is 6.20 Å². The predicted octanol–water partition coefficient (Wildman–Crippen LogP) is 2.68. The zero-order valence-electron chi connectivity index (χ0n) is 13.3. The Morgan fingerprint density at radius 1 is 1.21 bits per heavy atom. The fraction of sp³-hybridized carbons (Fsp3) is 0.333. The molecule has 1 aromatic heterocycles. The molecule has 6 nitrogen and oxygen atoms in total. The number of nitrogens with one attached hydrogen (secondary N) is 1. The van der Waals surface area contributed by atoms with Crippen LogP contribution in [0.15, 0.2) is 42.6 Å². The fourth-order valence-electron chi connectivity index (χ4n) is 2.75. The molecule has 124 valence electrons. The molecule has 0 spiro atoms. The number of hydrogen-bond acceptors (Lipinski definition) is 4. The minimum absolute atomic E-state index is 0.0548. The molecule has 2 heterocycles. The van der Waals surface area contributed by atoms with E-state index in [1.807, 2.05) is 41.3 Å². The SMILES string of the molecule is O=C(NCc1ccc2c(c1)OCO2)N(Cc1ccccn1)C1CC1. The van der Waals surface area contributed by atoms with E-state index >= 15 is 0 Å². The lowest BCUT2D eigenvalue weighted by molar-refractivity contribution is 0.174. The molecule has 6 heteroatoms. The second-order valence-corrected chi connectivity index (χ2v) is 6.03. The van der Waals surface area contributed by atoms with Crippen LogP contribution in [-0.2, 0) is 13.1 Å². The summed E-state index contributed by atoms with van der Waals surface area (Å²) < 4.78 is 10.7. The number of aromatic nitrogens is 1. The highest BCUT2D eigenvalue weighted by Crippen LogP contribution is 2.32. The van der Waals surface area contributed by atoms with Crippen LogP contribution in [0, 0.1) is 0 Å². The van der Waals surface area contributed by atoms with Crippen molar-refractivity contribution in [1.29, 1.82) is 0 Å². The highest BCUT2D eigenvalue weighted by molar-refractivity contribution is 5.75. The normalized spacial score (nSPS) is 15.2. The van der Waals surface area contributed by atoms with Crippen molar-refractivity contribution < 1.29 is 14.3 Å². The first kappa shape index (κ1) is 14.8. The van der Waals surface area contributed by atoms with Gasteiger partial charge < -0.3 is 19.7 Å². The van der Waals surface area contributed by atoms with Crippen molar-refractivity contribution >= 4 is 6.03 Å². The summed E-state index contributed by atoms with van der Waals surface area (Å²) in [5.74, 6) is 1.48. The third-order valence-corrected chi connectivity index (χ3v) is 4.19. The van der Waals surface area contributed by atoms with Gasteiger partial charge in [-0.3, -0.25) is 4.98 Å². The van der Waals surface area contributed by atoms with Gasteiger partial charge in [0.05, 0.1) is 12.2 Å². The Morgan fingerprint density at radius 3 is 2.88 bits per heavy atom. The molecular formula is C18H19N3O3. The average Bonchev–Trinajstić information content (AvgIpc) is 3.35. The molecule has 2 amide bonds. The van der Waals surface area contributed by atoms with Crippen LogP contribution in [0.1, 0.15) is 24.1 Å². The van der Waals surface area contributed by atoms with Gasteiger partial charge in [-0.15, -0.1) is 0 Å². The summed E-state index contributed by atoms with van der Waals surface area (Å²) in [6, 6.07) is 11.8. The number of benzene rings is 1. The topological polar surface area (TPSA) is 63.7 Å². The second-order valence-electron chi connectivity index (χ2n) is 6.03. The Morgan fingerprint density at radius 2 is 2.08 bits per heavy atom. The minimum Gasteiger partial charge on any atom is -0.454 e. The highest BCUT2D eigenvalue weighted by Gasteiger charge is 2.32. The van der Waals surface area contributed by atoms with E-state index in [0.29, 0.717) is 19.1 Å². The number of fused-ring (bicyclic) bond motifs is 1. The third-order valence-electron chi connectivity index (χ3n) is 4.19. The molecule has 1 aliphatic carbocycles. The maximum atomic E-state index is 12.6. The third kappa shape index (κ3) is 3.27. The van der Waals surface area contributed by atoms with Gasteiger partial charge in [0.25, 0.3) is 0 Å². The zero-order valence-corrected chi connectivity index (χ0v) is 13.3. The van der Waals surface area contributed by atoms with E-state index in [9.17, 15) is 4.79 Å². The van der Waals surface area contributed by atoms with Gasteiger partial charge in [0.15, 0.2) is 11.5 Å². The van der Waals surface area contributed by atoms with Gasteiger partial charge in [0.2, 0.25) is 6.79 Å². The molecule has 1 aliphatic heterocycles. The largest absolute Gasteiger partial charge is 0.454 e. The van der Waals surface area contributed by atoms with Gasteiger partial charge >= 0.3 is 6.03 Å². The molecule has 1 saturated carbocycles. The monoisotopic (exact) mass is 325 g/mol. The minimum atomic E-state index is -0.0548. The molecule has 2 aromatic rings. The number of ether oxygens (including phenoxy) is 2. The van der Waals surface area contributed by atoms with Crippen LogP contribution >= 0.6 is 0 Å². The van der Waals surface area contributed by atoms with Gasteiger partial charge in [-0.25, -0.2) is 4.79 Å². The molecule has 0 bridgehead atoms. The van der Waals surface area contributed by atoms with Crippen molar-refractivity contribution in [3.8, 4) is 11.5 Å². The Bertz CT molecular complexity index is 732. The van der Waals surface area contributed by atoms with Crippen molar-refractivity contribution in [3.63, 3.8) is 0 Å². The van der Waals surface area contributed by atoms with E-state index < -0.39 is 0 Å². The predicted molar refractivity (Wildman–Crippen MR) is 87.6 cm³/mol. The van der Waals surface area contributed by atoms with Crippen LogP contribution in [0.25, 0.3) is 0 Å². The maximum Gasteiger partial charge on any atom is 0.318 e. The maximum absolute atomic E-state index is 12.6. The Labute approximate surface area is 140 Å². The number of nitrogens with zero attached hydrogens (tertiary/aromatic N) is 2. The zero-order chi connectivity index (χ0) is 16.4. The molecule has 0 saturated heterocycles. The van der Waals surface area contributed by atoms with Crippen molar-refractivity contribution in [1.82, 2.24) is 15.2 Å². The van der Waals surface area contributed by atoms with E-state index in [-0.39, 0.29) is 12.8 Å². The van der Waals surface area contributed by atoms with Crippen LogP contribution in [0.5, 0.6) is 11.5 Å². The summed E-state index contributed by atoms with van der Waals surface area (Å²) in [5, 5.41) is 2.99. The molecule has 1 fully saturated rings. The molecule has 1 N–H and O–H groups in total. The number of carbonyl (C=O) groups is 1. The van der Waals surface area contributed by atoms with Crippen molar-refractivity contribution in [2.75, 3.05) is 6.79 Å². The van der Waals surface area contributed by atoms with Gasteiger partial charge in [-0.2, -0.15) is 0 Å². The summed E-state index contributed by atoms with van der Waals surface area (Å²) in [4.78, 5) is 18.8. The summed E-state index contributed by atoms with van der Waals surface area (Å²) in [6.45, 7) is 1.25. The molecule has 0 unspecified atom stereocenters. The first-order valence-corrected chi connectivity index (χ1v) is 8.12. The van der Waals surface area contributed by atoms with Gasteiger partial charge in [0.1, 0.15) is 0 Å². The van der Waals surface area contributed by atoms with E-state index in [2.05, 4.69) is 10.3 Å². The molecule has 1 aromatic carbocycles. The molecule has 2 aliphatic rings. The molecule has 24 heavy (non-hydrogen) atoms. The number of rotatable bonds is 5. The van der Waals surface area contributed by atoms with Gasteiger partial charge in [0, 0.05) is 18.8 Å². The summed E-state index contributed by atoms with van der Waals surface area (Å²) >= 11 is 0. The number of carbonyl (C=O) groups excluding carboxylic acids is 1. The summed E-state index contributed by atoms with van der Waals surface area (Å²) in [6.07, 6.45) is 3.87. The van der Waals surface area contributed by atoms with Crippen molar-refractivity contribution in [3.05, 3.63) is 53.9 Å². The average molecular weight is 325 g/mol. The van der Waals surface area contributed by atoms with Gasteiger partial charge in [-0.05, 0) is 42.7 Å². The first-order chi connectivity index (χ1) is 11.8. The number of hydrogen-bond donors (Lipinski definition) is 1. The van der Waals surface area contributed by atoms with E-state index in [0.717, 1.165) is 35.6 Å². The summed E-state index contributed by atoms with van der Waals surface area (Å²) in [5.41, 5.74) is 1.89. The molecule has 0 radical (unpaired) electrons. The fourth-order valence-corrected chi connectivity index (χ4v) is 2.75. The number of amides is 2. The lowest BCUT2D eigenvalue weighted by atomic mass is 10.2. The van der Waals surface area contributed by atoms with Crippen LogP contribution in [-0.4, -0.2) is 28.7 Å². The number of pyridine rings is 1. The Hall–Kier alpha value is -2.76.